The summed E-state index contributed by atoms with van der Waals surface area (Å²) < 4.78 is 23.5. The Hall–Kier alpha value is -5.05. The number of rotatable bonds is 4. The average molecular weight is 566 g/mol. The van der Waals surface area contributed by atoms with E-state index in [1.807, 2.05) is 59.5 Å². The van der Waals surface area contributed by atoms with Crippen LogP contribution in [0.15, 0.2) is 85.2 Å². The minimum atomic E-state index is -0.344. The van der Waals surface area contributed by atoms with Gasteiger partial charge >= 0.3 is 0 Å². The van der Waals surface area contributed by atoms with Gasteiger partial charge in [0.1, 0.15) is 17.2 Å². The standard InChI is InChI=1S/C33H31N3O6/c1-39-29-8-2-3-9-30(29)41-21-31(37)36-14-12-22-16-26-10-11-28(22)32(36)23-6-4-7-25(17-23)40-15-5-13-35-33(38)24-18-27(42-26)20-34-19-24/h2-4,6-11,16-20,32H,5,12-15,21H2,1H3,(H,35,38). The third-order valence-electron chi connectivity index (χ3n) is 7.34. The first-order chi connectivity index (χ1) is 20.6. The lowest BCUT2D eigenvalue weighted by atomic mass is 9.87. The lowest BCUT2D eigenvalue weighted by molar-refractivity contribution is -0.135. The van der Waals surface area contributed by atoms with E-state index in [9.17, 15) is 9.59 Å². The molecule has 1 N–H and O–H groups in total. The second-order valence-electron chi connectivity index (χ2n) is 10.1. The molecule has 4 aromatic rings. The number of ether oxygens (including phenoxy) is 4. The number of aromatic nitrogens is 1. The topological polar surface area (TPSA) is 99.2 Å². The van der Waals surface area contributed by atoms with Gasteiger partial charge in [-0.3, -0.25) is 14.6 Å². The van der Waals surface area contributed by atoms with Gasteiger partial charge in [0.05, 0.1) is 31.5 Å². The van der Waals surface area contributed by atoms with Crippen molar-refractivity contribution in [3.8, 4) is 28.7 Å². The van der Waals surface area contributed by atoms with E-state index in [-0.39, 0.29) is 24.5 Å². The third-order valence-corrected chi connectivity index (χ3v) is 7.34. The van der Waals surface area contributed by atoms with Crippen LogP contribution < -0.4 is 24.3 Å². The van der Waals surface area contributed by atoms with Crippen molar-refractivity contribution in [1.82, 2.24) is 15.2 Å². The fourth-order valence-corrected chi connectivity index (χ4v) is 5.33. The Balaban J connectivity index is 1.34. The van der Waals surface area contributed by atoms with Crippen LogP contribution in [0.5, 0.6) is 28.7 Å². The monoisotopic (exact) mass is 565 g/mol. The lowest BCUT2D eigenvalue weighted by Gasteiger charge is -2.38. The number of carbonyl (C=O) groups is 2. The van der Waals surface area contributed by atoms with Crippen LogP contribution in [0.4, 0.5) is 0 Å². The number of fused-ring (bicyclic) bond motifs is 6. The predicted molar refractivity (Wildman–Crippen MR) is 155 cm³/mol. The van der Waals surface area contributed by atoms with E-state index in [0.717, 1.165) is 16.7 Å². The summed E-state index contributed by atoms with van der Waals surface area (Å²) in [6, 6.07) is 22.3. The minimum Gasteiger partial charge on any atom is -0.494 e. The Bertz CT molecular complexity index is 1610. The van der Waals surface area contributed by atoms with Crippen LogP contribution in [0.25, 0.3) is 0 Å². The van der Waals surface area contributed by atoms with Gasteiger partial charge in [-0.1, -0.05) is 30.3 Å². The number of hydrogen-bond acceptors (Lipinski definition) is 7. The van der Waals surface area contributed by atoms with Gasteiger partial charge in [-0.05, 0) is 72.0 Å². The summed E-state index contributed by atoms with van der Waals surface area (Å²) in [4.78, 5) is 32.4. The van der Waals surface area contributed by atoms with Crippen LogP contribution in [-0.2, 0) is 11.2 Å². The Kier molecular flexibility index (Phi) is 7.89. The van der Waals surface area contributed by atoms with E-state index in [0.29, 0.717) is 66.8 Å². The number of amides is 2. The highest BCUT2D eigenvalue weighted by Crippen LogP contribution is 2.39. The number of hydrogen-bond donors (Lipinski definition) is 1. The molecule has 0 radical (unpaired) electrons. The molecule has 4 heterocycles. The van der Waals surface area contributed by atoms with Crippen LogP contribution in [0, 0.1) is 0 Å². The fourth-order valence-electron chi connectivity index (χ4n) is 5.33. The highest BCUT2D eigenvalue weighted by molar-refractivity contribution is 5.94. The molecule has 0 saturated heterocycles. The van der Waals surface area contributed by atoms with E-state index in [2.05, 4.69) is 10.3 Å². The molecule has 1 unspecified atom stereocenters. The molecule has 9 heteroatoms. The fraction of sp³-hybridized carbons (Fsp3) is 0.242. The van der Waals surface area contributed by atoms with Gasteiger partial charge in [0, 0.05) is 19.3 Å². The summed E-state index contributed by atoms with van der Waals surface area (Å²) in [7, 11) is 1.57. The number of pyridine rings is 1. The molecule has 8 bridgehead atoms. The lowest BCUT2D eigenvalue weighted by Crippen LogP contribution is -2.43. The zero-order valence-electron chi connectivity index (χ0n) is 23.2. The van der Waals surface area contributed by atoms with Crippen molar-refractivity contribution in [2.45, 2.75) is 18.9 Å². The number of para-hydroxylation sites is 2. The smallest absolute Gasteiger partial charge is 0.261 e. The van der Waals surface area contributed by atoms with Crippen molar-refractivity contribution in [3.05, 3.63) is 107 Å². The molecule has 1 atom stereocenters. The molecule has 1 aromatic heterocycles. The van der Waals surface area contributed by atoms with Gasteiger partial charge in [-0.15, -0.1) is 0 Å². The maximum absolute atomic E-state index is 13.7. The largest absolute Gasteiger partial charge is 0.494 e. The summed E-state index contributed by atoms with van der Waals surface area (Å²) in [6.45, 7) is 1.24. The molecule has 3 aliphatic rings. The van der Waals surface area contributed by atoms with Crippen LogP contribution >= 0.6 is 0 Å². The van der Waals surface area contributed by atoms with Gasteiger partial charge in [0.2, 0.25) is 0 Å². The first-order valence-corrected chi connectivity index (χ1v) is 13.9. The van der Waals surface area contributed by atoms with Gasteiger partial charge in [-0.2, -0.15) is 0 Å². The van der Waals surface area contributed by atoms with E-state index in [1.165, 1.54) is 6.20 Å². The van der Waals surface area contributed by atoms with Crippen molar-refractivity contribution >= 4 is 11.8 Å². The zero-order chi connectivity index (χ0) is 28.9. The zero-order valence-corrected chi connectivity index (χ0v) is 23.2. The highest BCUT2D eigenvalue weighted by atomic mass is 16.5. The molecule has 9 nitrogen and oxygen atoms in total. The summed E-state index contributed by atoms with van der Waals surface area (Å²) in [5.74, 6) is 2.53. The third kappa shape index (κ3) is 5.85. The second-order valence-corrected chi connectivity index (χ2v) is 10.1. The van der Waals surface area contributed by atoms with Gasteiger partial charge < -0.3 is 29.2 Å². The van der Waals surface area contributed by atoms with Crippen LogP contribution in [0.2, 0.25) is 0 Å². The van der Waals surface area contributed by atoms with E-state index in [1.54, 1.807) is 31.5 Å². The maximum Gasteiger partial charge on any atom is 0.261 e. The number of nitrogens with zero attached hydrogens (tertiary/aromatic N) is 2. The molecule has 214 valence electrons. The first-order valence-electron chi connectivity index (χ1n) is 13.9. The number of methoxy groups -OCH3 is 1. The maximum atomic E-state index is 13.7. The van der Waals surface area contributed by atoms with Crippen LogP contribution in [-0.4, -0.2) is 55.1 Å². The normalized spacial score (nSPS) is 16.3. The Labute approximate surface area is 244 Å². The summed E-state index contributed by atoms with van der Waals surface area (Å²) in [6.07, 6.45) is 4.36. The Morgan fingerprint density at radius 2 is 1.88 bits per heavy atom. The molecule has 42 heavy (non-hydrogen) atoms. The summed E-state index contributed by atoms with van der Waals surface area (Å²) in [5, 5.41) is 2.90. The molecule has 3 aromatic carbocycles. The van der Waals surface area contributed by atoms with Crippen molar-refractivity contribution in [2.75, 3.05) is 33.4 Å². The molecule has 0 aliphatic carbocycles. The molecule has 7 rings (SSSR count). The van der Waals surface area contributed by atoms with Crippen molar-refractivity contribution in [1.29, 1.82) is 0 Å². The molecule has 3 aliphatic heterocycles. The number of benzene rings is 3. The SMILES string of the molecule is COc1ccccc1OCC(=O)N1CCc2cc3ccc2C1c1cccc(c1)OCCCNC(=O)c1cncc(c1)O3. The van der Waals surface area contributed by atoms with Gasteiger partial charge in [0.25, 0.3) is 11.8 Å². The average Bonchev–Trinajstić information content (AvgIpc) is 3.02. The van der Waals surface area contributed by atoms with E-state index in [4.69, 9.17) is 18.9 Å². The number of carbonyl (C=O) groups excluding carboxylic acids is 2. The van der Waals surface area contributed by atoms with Crippen molar-refractivity contribution < 1.29 is 28.5 Å². The molecule has 0 fully saturated rings. The van der Waals surface area contributed by atoms with Crippen LogP contribution in [0.3, 0.4) is 0 Å². The predicted octanol–water partition coefficient (Wildman–Crippen LogP) is 4.95. The quantitative estimate of drug-likeness (QED) is 0.374. The molecule has 2 amide bonds. The van der Waals surface area contributed by atoms with Gasteiger partial charge in [0.15, 0.2) is 18.1 Å². The molecule has 0 spiro atoms. The van der Waals surface area contributed by atoms with Crippen LogP contribution in [0.1, 0.15) is 39.5 Å². The van der Waals surface area contributed by atoms with Crippen molar-refractivity contribution in [2.24, 2.45) is 0 Å². The summed E-state index contributed by atoms with van der Waals surface area (Å²) in [5.41, 5.74) is 3.43. The van der Waals surface area contributed by atoms with Crippen molar-refractivity contribution in [3.63, 3.8) is 0 Å². The molecule has 0 saturated carbocycles. The van der Waals surface area contributed by atoms with E-state index < -0.39 is 0 Å². The first kappa shape index (κ1) is 27.1. The second kappa shape index (κ2) is 12.2. The summed E-state index contributed by atoms with van der Waals surface area (Å²) >= 11 is 0. The highest BCUT2D eigenvalue weighted by Gasteiger charge is 2.33. The Morgan fingerprint density at radius 1 is 1.00 bits per heavy atom. The number of nitrogens with one attached hydrogen (secondary N) is 1. The minimum absolute atomic E-state index is 0.126. The molecular formula is C33H31N3O6. The van der Waals surface area contributed by atoms with E-state index >= 15 is 0 Å². The Morgan fingerprint density at radius 3 is 2.76 bits per heavy atom. The van der Waals surface area contributed by atoms with Gasteiger partial charge in [-0.25, -0.2) is 0 Å². The molecular weight excluding hydrogens is 534 g/mol.